The van der Waals surface area contributed by atoms with Crippen molar-refractivity contribution in [2.75, 3.05) is 19.6 Å². The highest BCUT2D eigenvalue weighted by molar-refractivity contribution is 5.27. The Hall–Kier alpha value is -1.33. The van der Waals surface area contributed by atoms with Crippen molar-refractivity contribution >= 4 is 0 Å². The van der Waals surface area contributed by atoms with Crippen LogP contribution in [0.5, 0.6) is 0 Å². The van der Waals surface area contributed by atoms with Crippen molar-refractivity contribution in [1.82, 2.24) is 4.90 Å². The largest absolute Gasteiger partial charge is 0.304 e. The number of nitriles is 1. The van der Waals surface area contributed by atoms with E-state index < -0.39 is 0 Å². The van der Waals surface area contributed by atoms with Gasteiger partial charge in [0.1, 0.15) is 0 Å². The first-order valence-electron chi connectivity index (χ1n) is 5.45. The highest BCUT2D eigenvalue weighted by Gasteiger charge is 1.89. The molecule has 15 heavy (non-hydrogen) atoms. The Kier molecular flexibility index (Phi) is 8.42. The Balaban J connectivity index is 0.000000265. The van der Waals surface area contributed by atoms with Gasteiger partial charge in [-0.2, -0.15) is 5.26 Å². The second-order valence-corrected chi connectivity index (χ2v) is 3.10. The zero-order valence-corrected chi connectivity index (χ0v) is 9.90. The summed E-state index contributed by atoms with van der Waals surface area (Å²) in [7, 11) is 0. The molecule has 0 N–H and O–H groups in total. The minimum Gasteiger partial charge on any atom is -0.304 e. The van der Waals surface area contributed by atoms with Crippen molar-refractivity contribution < 1.29 is 0 Å². The molecule has 0 saturated heterocycles. The van der Waals surface area contributed by atoms with Crippen LogP contribution in [0.15, 0.2) is 30.3 Å². The molecule has 2 heteroatoms. The monoisotopic (exact) mass is 204 g/mol. The maximum Gasteiger partial charge on any atom is 0.0991 e. The molecule has 1 rings (SSSR count). The normalized spacial score (nSPS) is 9.00. The van der Waals surface area contributed by atoms with E-state index in [9.17, 15) is 0 Å². The van der Waals surface area contributed by atoms with Gasteiger partial charge in [-0.05, 0) is 31.8 Å². The molecule has 82 valence electrons. The lowest BCUT2D eigenvalue weighted by molar-refractivity contribution is 0.321. The summed E-state index contributed by atoms with van der Waals surface area (Å²) in [5.74, 6) is 0. The highest BCUT2D eigenvalue weighted by atomic mass is 15.1. The van der Waals surface area contributed by atoms with Gasteiger partial charge in [-0.1, -0.05) is 39.0 Å². The van der Waals surface area contributed by atoms with Gasteiger partial charge in [-0.15, -0.1) is 0 Å². The summed E-state index contributed by atoms with van der Waals surface area (Å²) < 4.78 is 0. The van der Waals surface area contributed by atoms with Crippen molar-refractivity contribution in [3.8, 4) is 6.07 Å². The van der Waals surface area contributed by atoms with E-state index in [4.69, 9.17) is 5.26 Å². The summed E-state index contributed by atoms with van der Waals surface area (Å²) in [6.07, 6.45) is 0. The van der Waals surface area contributed by atoms with Crippen molar-refractivity contribution in [2.45, 2.75) is 20.8 Å². The summed E-state index contributed by atoms with van der Waals surface area (Å²) in [5.41, 5.74) is 0.715. The lowest BCUT2D eigenvalue weighted by Gasteiger charge is -2.13. The Morgan fingerprint density at radius 2 is 1.47 bits per heavy atom. The smallest absolute Gasteiger partial charge is 0.0991 e. The van der Waals surface area contributed by atoms with E-state index in [1.807, 2.05) is 24.3 Å². The Morgan fingerprint density at radius 3 is 1.67 bits per heavy atom. The molecule has 0 saturated carbocycles. The predicted molar refractivity (Wildman–Crippen MR) is 64.6 cm³/mol. The van der Waals surface area contributed by atoms with Crippen LogP contribution in [-0.2, 0) is 0 Å². The molecule has 0 heterocycles. The van der Waals surface area contributed by atoms with Crippen molar-refractivity contribution in [2.24, 2.45) is 0 Å². The molecule has 0 atom stereocenters. The zero-order chi connectivity index (χ0) is 11.5. The quantitative estimate of drug-likeness (QED) is 0.757. The molecule has 0 aliphatic rings. The van der Waals surface area contributed by atoms with Gasteiger partial charge in [0.2, 0.25) is 0 Å². The molecule has 0 aliphatic heterocycles. The van der Waals surface area contributed by atoms with Crippen LogP contribution in [0.25, 0.3) is 0 Å². The molecular weight excluding hydrogens is 184 g/mol. The summed E-state index contributed by atoms with van der Waals surface area (Å²) in [5, 5.41) is 8.29. The fourth-order valence-corrected chi connectivity index (χ4v) is 1.18. The summed E-state index contributed by atoms with van der Waals surface area (Å²) in [6.45, 7) is 10.1. The van der Waals surface area contributed by atoms with E-state index >= 15 is 0 Å². The van der Waals surface area contributed by atoms with E-state index in [0.717, 1.165) is 0 Å². The average molecular weight is 204 g/mol. The van der Waals surface area contributed by atoms with Crippen LogP contribution >= 0.6 is 0 Å². The summed E-state index contributed by atoms with van der Waals surface area (Å²) in [6, 6.07) is 11.2. The molecule has 0 bridgehead atoms. The van der Waals surface area contributed by atoms with Crippen LogP contribution in [0.1, 0.15) is 26.3 Å². The zero-order valence-electron chi connectivity index (χ0n) is 9.90. The van der Waals surface area contributed by atoms with Gasteiger partial charge in [0.15, 0.2) is 0 Å². The van der Waals surface area contributed by atoms with E-state index in [0.29, 0.717) is 5.56 Å². The van der Waals surface area contributed by atoms with E-state index in [2.05, 4.69) is 25.7 Å². The summed E-state index contributed by atoms with van der Waals surface area (Å²) >= 11 is 0. The third kappa shape index (κ3) is 6.70. The first-order chi connectivity index (χ1) is 7.28. The number of benzene rings is 1. The number of nitrogens with zero attached hydrogens (tertiary/aromatic N) is 2. The van der Waals surface area contributed by atoms with E-state index in [-0.39, 0.29) is 0 Å². The minimum atomic E-state index is 0.715. The molecule has 0 spiro atoms. The maximum absolute atomic E-state index is 8.29. The van der Waals surface area contributed by atoms with Gasteiger partial charge in [0.05, 0.1) is 11.6 Å². The van der Waals surface area contributed by atoms with E-state index in [1.54, 1.807) is 12.1 Å². The molecule has 0 aliphatic carbocycles. The third-order valence-electron chi connectivity index (χ3n) is 2.24. The first-order valence-corrected chi connectivity index (χ1v) is 5.45. The van der Waals surface area contributed by atoms with Gasteiger partial charge in [-0.3, -0.25) is 0 Å². The minimum absolute atomic E-state index is 0.715. The Morgan fingerprint density at radius 1 is 1.00 bits per heavy atom. The van der Waals surface area contributed by atoms with Crippen molar-refractivity contribution in [3.63, 3.8) is 0 Å². The molecule has 0 fully saturated rings. The fraction of sp³-hybridized carbons (Fsp3) is 0.462. The Labute approximate surface area is 93.1 Å². The van der Waals surface area contributed by atoms with Crippen LogP contribution < -0.4 is 0 Å². The standard InChI is InChI=1S/C7H5N.C6H15N/c8-6-7-4-2-1-3-5-7;1-4-7(5-2)6-3/h1-5H;4-6H2,1-3H3. The highest BCUT2D eigenvalue weighted by Crippen LogP contribution is 1.93. The molecule has 1 aromatic carbocycles. The second-order valence-electron chi connectivity index (χ2n) is 3.10. The van der Waals surface area contributed by atoms with Crippen LogP contribution in [-0.4, -0.2) is 24.5 Å². The van der Waals surface area contributed by atoms with Crippen molar-refractivity contribution in [3.05, 3.63) is 35.9 Å². The van der Waals surface area contributed by atoms with Gasteiger partial charge in [-0.25, -0.2) is 0 Å². The number of rotatable bonds is 3. The molecule has 1 aromatic rings. The van der Waals surface area contributed by atoms with Gasteiger partial charge < -0.3 is 4.90 Å². The van der Waals surface area contributed by atoms with Crippen LogP contribution in [0, 0.1) is 11.3 Å². The second kappa shape index (κ2) is 9.23. The predicted octanol–water partition coefficient (Wildman–Crippen LogP) is 2.91. The van der Waals surface area contributed by atoms with Crippen LogP contribution in [0.3, 0.4) is 0 Å². The SMILES string of the molecule is CCN(CC)CC.N#Cc1ccccc1. The average Bonchev–Trinajstić information content (AvgIpc) is 2.33. The fourth-order valence-electron chi connectivity index (χ4n) is 1.18. The van der Waals surface area contributed by atoms with Crippen molar-refractivity contribution in [1.29, 1.82) is 5.26 Å². The van der Waals surface area contributed by atoms with Gasteiger partial charge in [0.25, 0.3) is 0 Å². The van der Waals surface area contributed by atoms with Gasteiger partial charge >= 0.3 is 0 Å². The van der Waals surface area contributed by atoms with Gasteiger partial charge in [0, 0.05) is 0 Å². The molecule has 0 amide bonds. The number of hydrogen-bond donors (Lipinski definition) is 0. The topological polar surface area (TPSA) is 27.0 Å². The molecule has 0 aromatic heterocycles. The molecule has 0 unspecified atom stereocenters. The molecular formula is C13H20N2. The van der Waals surface area contributed by atoms with Crippen LogP contribution in [0.4, 0.5) is 0 Å². The third-order valence-corrected chi connectivity index (χ3v) is 2.24. The molecule has 2 nitrogen and oxygen atoms in total. The summed E-state index contributed by atoms with van der Waals surface area (Å²) in [4.78, 5) is 2.38. The molecule has 0 radical (unpaired) electrons. The maximum atomic E-state index is 8.29. The Bertz CT molecular complexity index is 265. The van der Waals surface area contributed by atoms with E-state index in [1.165, 1.54) is 19.6 Å². The first kappa shape index (κ1) is 13.7. The lowest BCUT2D eigenvalue weighted by Crippen LogP contribution is -2.21. The van der Waals surface area contributed by atoms with Crippen LogP contribution in [0.2, 0.25) is 0 Å². The lowest BCUT2D eigenvalue weighted by atomic mass is 10.2. The number of hydrogen-bond acceptors (Lipinski definition) is 2.